The van der Waals surface area contributed by atoms with E-state index >= 15 is 0 Å². The first-order valence-corrected chi connectivity index (χ1v) is 9.85. The Hall–Kier alpha value is -2.09. The molecule has 1 saturated carbocycles. The third-order valence-electron chi connectivity index (χ3n) is 5.80. The summed E-state index contributed by atoms with van der Waals surface area (Å²) in [6.07, 6.45) is 2.45. The van der Waals surface area contributed by atoms with Gasteiger partial charge in [-0.2, -0.15) is 0 Å². The van der Waals surface area contributed by atoms with Crippen LogP contribution in [-0.4, -0.2) is 68.2 Å². The minimum atomic E-state index is -0.801. The number of hydrogen-bond donors (Lipinski definition) is 2. The first kappa shape index (κ1) is 19.7. The van der Waals surface area contributed by atoms with Crippen molar-refractivity contribution in [3.63, 3.8) is 0 Å². The number of carbonyl (C=O) groups excluding carboxylic acids is 1. The highest BCUT2D eigenvalue weighted by Gasteiger charge is 2.36. The number of fused-ring (bicyclic) bond motifs is 1. The summed E-state index contributed by atoms with van der Waals surface area (Å²) in [4.78, 5) is 32.1. The number of carboxylic acids is 1. The quantitative estimate of drug-likeness (QED) is 0.785. The first-order valence-electron chi connectivity index (χ1n) is 9.85. The molecule has 8 heteroatoms. The molecule has 1 aliphatic carbocycles. The molecule has 1 fully saturated rings. The normalized spacial score (nSPS) is 21.9. The van der Waals surface area contributed by atoms with Gasteiger partial charge in [0.05, 0.1) is 18.8 Å². The van der Waals surface area contributed by atoms with Crippen molar-refractivity contribution in [3.8, 4) is 0 Å². The molecule has 0 bridgehead atoms. The van der Waals surface area contributed by atoms with Crippen molar-refractivity contribution in [1.82, 2.24) is 24.7 Å². The van der Waals surface area contributed by atoms with E-state index in [2.05, 4.69) is 30.8 Å². The molecule has 27 heavy (non-hydrogen) atoms. The highest BCUT2D eigenvalue weighted by molar-refractivity contribution is 5.75. The monoisotopic (exact) mass is 377 g/mol. The SMILES string of the molecule is CCN(CC(=O)O)C1CC(NC(=O)N2CCc3c(nc(C(C)C)n3C)C2)C1. The summed E-state index contributed by atoms with van der Waals surface area (Å²) in [5.41, 5.74) is 2.24. The van der Waals surface area contributed by atoms with E-state index in [1.54, 1.807) is 0 Å². The van der Waals surface area contributed by atoms with E-state index in [4.69, 9.17) is 10.1 Å². The molecule has 0 aromatic carbocycles. The molecule has 1 aromatic rings. The van der Waals surface area contributed by atoms with Crippen molar-refractivity contribution in [2.24, 2.45) is 7.05 Å². The van der Waals surface area contributed by atoms with Gasteiger partial charge in [-0.25, -0.2) is 9.78 Å². The smallest absolute Gasteiger partial charge is 0.317 e. The Balaban J connectivity index is 1.52. The van der Waals surface area contributed by atoms with Crippen LogP contribution in [0, 0.1) is 0 Å². The zero-order chi connectivity index (χ0) is 19.7. The van der Waals surface area contributed by atoms with Crippen molar-refractivity contribution in [2.75, 3.05) is 19.6 Å². The zero-order valence-electron chi connectivity index (χ0n) is 16.7. The van der Waals surface area contributed by atoms with Gasteiger partial charge in [0.15, 0.2) is 0 Å². The van der Waals surface area contributed by atoms with Crippen LogP contribution in [-0.2, 0) is 24.8 Å². The fourth-order valence-electron chi connectivity index (χ4n) is 4.18. The average Bonchev–Trinajstić information content (AvgIpc) is 2.92. The zero-order valence-corrected chi connectivity index (χ0v) is 16.7. The fourth-order valence-corrected chi connectivity index (χ4v) is 4.18. The van der Waals surface area contributed by atoms with Gasteiger partial charge < -0.3 is 19.9 Å². The Bertz CT molecular complexity index is 708. The Kier molecular flexibility index (Phi) is 5.74. The van der Waals surface area contributed by atoms with Crippen LogP contribution in [0.3, 0.4) is 0 Å². The van der Waals surface area contributed by atoms with Gasteiger partial charge in [0.1, 0.15) is 5.82 Å². The molecule has 2 aliphatic rings. The Morgan fingerprint density at radius 2 is 2.07 bits per heavy atom. The van der Waals surface area contributed by atoms with Crippen LogP contribution in [0.25, 0.3) is 0 Å². The molecule has 1 aromatic heterocycles. The predicted octanol–water partition coefficient (Wildman–Crippen LogP) is 1.55. The van der Waals surface area contributed by atoms with E-state index in [0.717, 1.165) is 30.8 Å². The number of likely N-dealkylation sites (N-methyl/N-ethyl adjacent to an activating group) is 1. The fraction of sp³-hybridized carbons (Fsp3) is 0.737. The molecule has 8 nitrogen and oxygen atoms in total. The van der Waals surface area contributed by atoms with Gasteiger partial charge in [-0.1, -0.05) is 20.8 Å². The lowest BCUT2D eigenvalue weighted by atomic mass is 9.85. The second kappa shape index (κ2) is 7.88. The topological polar surface area (TPSA) is 90.7 Å². The van der Waals surface area contributed by atoms with Gasteiger partial charge in [-0.05, 0) is 19.4 Å². The van der Waals surface area contributed by atoms with E-state index in [0.29, 0.717) is 25.6 Å². The lowest BCUT2D eigenvalue weighted by molar-refractivity contribution is -0.139. The summed E-state index contributed by atoms with van der Waals surface area (Å²) >= 11 is 0. The number of amides is 2. The van der Waals surface area contributed by atoms with Crippen LogP contribution >= 0.6 is 0 Å². The summed E-state index contributed by atoms with van der Waals surface area (Å²) in [5, 5.41) is 12.1. The number of carboxylic acid groups (broad SMARTS) is 1. The van der Waals surface area contributed by atoms with Crippen molar-refractivity contribution < 1.29 is 14.7 Å². The molecule has 0 radical (unpaired) electrons. The van der Waals surface area contributed by atoms with E-state index in [9.17, 15) is 9.59 Å². The summed E-state index contributed by atoms with van der Waals surface area (Å²) in [6, 6.07) is 0.331. The van der Waals surface area contributed by atoms with Crippen LogP contribution in [0.15, 0.2) is 0 Å². The number of carbonyl (C=O) groups is 2. The second-order valence-electron chi connectivity index (χ2n) is 7.98. The molecule has 2 amide bonds. The molecule has 0 saturated heterocycles. The molecular formula is C19H31N5O3. The Morgan fingerprint density at radius 3 is 2.67 bits per heavy atom. The standard InChI is InChI=1S/C19H31N5O3/c1-5-23(11-17(25)26)14-8-13(9-14)20-19(27)24-7-6-16-15(10-24)21-18(12(2)3)22(16)4/h12-14H,5-11H2,1-4H3,(H,20,27)(H,25,26). The molecule has 2 N–H and O–H groups in total. The predicted molar refractivity (Wildman–Crippen MR) is 102 cm³/mol. The summed E-state index contributed by atoms with van der Waals surface area (Å²) in [5.74, 6) is 0.633. The van der Waals surface area contributed by atoms with Crippen molar-refractivity contribution >= 4 is 12.0 Å². The minimum Gasteiger partial charge on any atom is -0.480 e. The highest BCUT2D eigenvalue weighted by atomic mass is 16.4. The number of aliphatic carboxylic acids is 1. The van der Waals surface area contributed by atoms with Gasteiger partial charge in [0.25, 0.3) is 0 Å². The van der Waals surface area contributed by atoms with Crippen LogP contribution < -0.4 is 5.32 Å². The maximum Gasteiger partial charge on any atom is 0.317 e. The third-order valence-corrected chi connectivity index (χ3v) is 5.80. The van der Waals surface area contributed by atoms with E-state index < -0.39 is 5.97 Å². The molecule has 2 heterocycles. The number of hydrogen-bond acceptors (Lipinski definition) is 4. The number of rotatable bonds is 6. The lowest BCUT2D eigenvalue weighted by Crippen LogP contribution is -2.57. The number of urea groups is 1. The number of aromatic nitrogens is 2. The number of nitrogens with zero attached hydrogens (tertiary/aromatic N) is 4. The van der Waals surface area contributed by atoms with Crippen molar-refractivity contribution in [3.05, 3.63) is 17.2 Å². The molecule has 1 aliphatic heterocycles. The minimum absolute atomic E-state index is 0.0397. The van der Waals surface area contributed by atoms with E-state index in [1.165, 1.54) is 5.69 Å². The Morgan fingerprint density at radius 1 is 1.37 bits per heavy atom. The average molecular weight is 377 g/mol. The van der Waals surface area contributed by atoms with Crippen molar-refractivity contribution in [1.29, 1.82) is 0 Å². The molecule has 3 rings (SSSR count). The molecule has 0 spiro atoms. The highest BCUT2D eigenvalue weighted by Crippen LogP contribution is 2.27. The van der Waals surface area contributed by atoms with Crippen LogP contribution in [0.5, 0.6) is 0 Å². The maximum absolute atomic E-state index is 12.6. The molecule has 0 atom stereocenters. The van der Waals surface area contributed by atoms with E-state index in [1.807, 2.05) is 16.7 Å². The van der Waals surface area contributed by atoms with Gasteiger partial charge in [-0.3, -0.25) is 9.69 Å². The molecule has 0 unspecified atom stereocenters. The van der Waals surface area contributed by atoms with Gasteiger partial charge in [-0.15, -0.1) is 0 Å². The number of imidazole rings is 1. The van der Waals surface area contributed by atoms with Gasteiger partial charge >= 0.3 is 12.0 Å². The van der Waals surface area contributed by atoms with E-state index in [-0.39, 0.29) is 24.7 Å². The number of nitrogens with one attached hydrogen (secondary N) is 1. The Labute approximate surface area is 160 Å². The largest absolute Gasteiger partial charge is 0.480 e. The van der Waals surface area contributed by atoms with Crippen molar-refractivity contribution in [2.45, 2.75) is 64.6 Å². The summed E-state index contributed by atoms with van der Waals surface area (Å²) < 4.78 is 2.17. The summed E-state index contributed by atoms with van der Waals surface area (Å²) in [7, 11) is 2.06. The third kappa shape index (κ3) is 4.10. The maximum atomic E-state index is 12.6. The van der Waals surface area contributed by atoms with Gasteiger partial charge in [0, 0.05) is 43.7 Å². The molecular weight excluding hydrogens is 346 g/mol. The lowest BCUT2D eigenvalue weighted by Gasteiger charge is -2.43. The molecule has 150 valence electrons. The first-order chi connectivity index (χ1) is 12.8. The van der Waals surface area contributed by atoms with Crippen LogP contribution in [0.2, 0.25) is 0 Å². The summed E-state index contributed by atoms with van der Waals surface area (Å²) in [6.45, 7) is 8.27. The second-order valence-corrected chi connectivity index (χ2v) is 7.98. The van der Waals surface area contributed by atoms with Crippen LogP contribution in [0.1, 0.15) is 56.7 Å². The van der Waals surface area contributed by atoms with Gasteiger partial charge in [0.2, 0.25) is 0 Å². The van der Waals surface area contributed by atoms with Crippen LogP contribution in [0.4, 0.5) is 4.79 Å².